The van der Waals surface area contributed by atoms with Crippen LogP contribution in [0.3, 0.4) is 0 Å². The molecule has 0 aliphatic heterocycles. The average Bonchev–Trinajstić information content (AvgIpc) is 2.04. The summed E-state index contributed by atoms with van der Waals surface area (Å²) in [6.07, 6.45) is 8.92. The predicted octanol–water partition coefficient (Wildman–Crippen LogP) is 2.19. The normalized spacial score (nSPS) is 18.6. The maximum atomic E-state index is 5.73. The molecule has 0 saturated heterocycles. The third kappa shape index (κ3) is 4.13. The minimum absolute atomic E-state index is 0.268. The van der Waals surface area contributed by atoms with E-state index in [0.717, 1.165) is 25.1 Å². The molecular formula is C11H19NO. The zero-order chi connectivity index (χ0) is 9.68. The van der Waals surface area contributed by atoms with Crippen LogP contribution in [-0.2, 0) is 4.74 Å². The lowest BCUT2D eigenvalue weighted by molar-refractivity contribution is 0.111. The number of rotatable bonds is 4. The fourth-order valence-corrected chi connectivity index (χ4v) is 1.46. The number of allylic oxidation sites excluding steroid dienone is 3. The van der Waals surface area contributed by atoms with Gasteiger partial charge in [0.1, 0.15) is 11.9 Å². The smallest absolute Gasteiger partial charge is 0.115 e. The van der Waals surface area contributed by atoms with E-state index in [1.807, 2.05) is 0 Å². The van der Waals surface area contributed by atoms with Crippen LogP contribution in [0.4, 0.5) is 0 Å². The van der Waals surface area contributed by atoms with Crippen molar-refractivity contribution < 1.29 is 4.74 Å². The zero-order valence-corrected chi connectivity index (χ0v) is 8.79. The van der Waals surface area contributed by atoms with Crippen molar-refractivity contribution >= 4 is 0 Å². The van der Waals surface area contributed by atoms with Gasteiger partial charge >= 0.3 is 0 Å². The summed E-state index contributed by atoms with van der Waals surface area (Å²) in [5, 5.41) is 0. The van der Waals surface area contributed by atoms with Crippen molar-refractivity contribution in [3.05, 3.63) is 24.0 Å². The highest BCUT2D eigenvalue weighted by atomic mass is 16.5. The second kappa shape index (κ2) is 5.07. The van der Waals surface area contributed by atoms with Gasteiger partial charge in [-0.15, -0.1) is 0 Å². The fraction of sp³-hybridized carbons (Fsp3) is 0.636. The van der Waals surface area contributed by atoms with Gasteiger partial charge in [0, 0.05) is 6.54 Å². The van der Waals surface area contributed by atoms with E-state index in [1.165, 1.54) is 0 Å². The Morgan fingerprint density at radius 3 is 2.77 bits per heavy atom. The quantitative estimate of drug-likeness (QED) is 0.659. The highest BCUT2D eigenvalue weighted by Gasteiger charge is 2.06. The van der Waals surface area contributed by atoms with E-state index in [-0.39, 0.29) is 6.10 Å². The van der Waals surface area contributed by atoms with Gasteiger partial charge < -0.3 is 9.64 Å². The number of likely N-dealkylation sites (N-methyl/N-ethyl adjacent to an activating group) is 1. The molecule has 0 bridgehead atoms. The molecule has 2 heteroatoms. The summed E-state index contributed by atoms with van der Waals surface area (Å²) in [5.74, 6) is 1.03. The highest BCUT2D eigenvalue weighted by molar-refractivity contribution is 5.16. The second-order valence-corrected chi connectivity index (χ2v) is 3.78. The molecule has 0 aromatic rings. The largest absolute Gasteiger partial charge is 0.490 e. The van der Waals surface area contributed by atoms with Crippen LogP contribution in [0, 0.1) is 0 Å². The van der Waals surface area contributed by atoms with Crippen molar-refractivity contribution in [3.8, 4) is 0 Å². The van der Waals surface area contributed by atoms with Crippen LogP contribution >= 0.6 is 0 Å². The van der Waals surface area contributed by atoms with Gasteiger partial charge in [-0.3, -0.25) is 0 Å². The summed E-state index contributed by atoms with van der Waals surface area (Å²) in [6.45, 7) is 3.06. The van der Waals surface area contributed by atoms with E-state index in [1.54, 1.807) is 0 Å². The summed E-state index contributed by atoms with van der Waals surface area (Å²) in [6, 6.07) is 0. The van der Waals surface area contributed by atoms with Gasteiger partial charge in [0.15, 0.2) is 0 Å². The van der Waals surface area contributed by atoms with Crippen molar-refractivity contribution in [2.24, 2.45) is 0 Å². The standard InChI is InChI=1S/C11H19NO/c1-10(9-12(2)3)13-11-7-5-4-6-8-11/h5,7-8,10H,4,6,9H2,1-3H3. The summed E-state index contributed by atoms with van der Waals surface area (Å²) in [4.78, 5) is 2.14. The first-order valence-electron chi connectivity index (χ1n) is 4.86. The third-order valence-corrected chi connectivity index (χ3v) is 1.92. The van der Waals surface area contributed by atoms with Gasteiger partial charge in [-0.1, -0.05) is 6.08 Å². The fourth-order valence-electron chi connectivity index (χ4n) is 1.46. The summed E-state index contributed by atoms with van der Waals surface area (Å²) < 4.78 is 5.73. The van der Waals surface area contributed by atoms with Gasteiger partial charge in [-0.2, -0.15) is 0 Å². The maximum absolute atomic E-state index is 5.73. The van der Waals surface area contributed by atoms with Gasteiger partial charge in [-0.05, 0) is 46.0 Å². The minimum Gasteiger partial charge on any atom is -0.490 e. The van der Waals surface area contributed by atoms with E-state index in [4.69, 9.17) is 4.74 Å². The lowest BCUT2D eigenvalue weighted by Gasteiger charge is -2.20. The maximum Gasteiger partial charge on any atom is 0.115 e. The number of hydrogen-bond donors (Lipinski definition) is 0. The van der Waals surface area contributed by atoms with Crippen molar-refractivity contribution in [2.75, 3.05) is 20.6 Å². The van der Waals surface area contributed by atoms with Crippen LogP contribution in [0.1, 0.15) is 19.8 Å². The molecule has 1 atom stereocenters. The van der Waals surface area contributed by atoms with E-state index in [9.17, 15) is 0 Å². The van der Waals surface area contributed by atoms with E-state index in [0.29, 0.717) is 0 Å². The molecule has 1 unspecified atom stereocenters. The molecule has 1 rings (SSSR count). The molecule has 2 nitrogen and oxygen atoms in total. The number of hydrogen-bond acceptors (Lipinski definition) is 2. The topological polar surface area (TPSA) is 12.5 Å². The molecule has 0 amide bonds. The summed E-state index contributed by atoms with van der Waals surface area (Å²) in [7, 11) is 4.12. The Balaban J connectivity index is 2.31. The van der Waals surface area contributed by atoms with E-state index >= 15 is 0 Å². The lowest BCUT2D eigenvalue weighted by atomic mass is 10.2. The molecular weight excluding hydrogens is 162 g/mol. The first-order chi connectivity index (χ1) is 6.18. The van der Waals surface area contributed by atoms with E-state index < -0.39 is 0 Å². The zero-order valence-electron chi connectivity index (χ0n) is 8.79. The van der Waals surface area contributed by atoms with Crippen LogP contribution in [0.5, 0.6) is 0 Å². The monoisotopic (exact) mass is 181 g/mol. The molecule has 0 heterocycles. The SMILES string of the molecule is CC(CN(C)C)OC1=CCCC=C1. The Bertz CT molecular complexity index is 206. The van der Waals surface area contributed by atoms with Gasteiger partial charge in [-0.25, -0.2) is 0 Å². The number of nitrogens with zero attached hydrogens (tertiary/aromatic N) is 1. The molecule has 1 aliphatic rings. The van der Waals surface area contributed by atoms with Crippen LogP contribution in [0.15, 0.2) is 24.0 Å². The second-order valence-electron chi connectivity index (χ2n) is 3.78. The van der Waals surface area contributed by atoms with Crippen LogP contribution in [0.25, 0.3) is 0 Å². The Morgan fingerprint density at radius 1 is 1.46 bits per heavy atom. The lowest BCUT2D eigenvalue weighted by Crippen LogP contribution is -2.25. The Labute approximate surface area is 80.9 Å². The first-order valence-corrected chi connectivity index (χ1v) is 4.86. The molecule has 0 saturated carbocycles. The Kier molecular flexibility index (Phi) is 4.03. The third-order valence-electron chi connectivity index (χ3n) is 1.92. The molecule has 1 aliphatic carbocycles. The summed E-state index contributed by atoms with van der Waals surface area (Å²) >= 11 is 0. The van der Waals surface area contributed by atoms with E-state index in [2.05, 4.69) is 44.1 Å². The molecule has 0 radical (unpaired) electrons. The molecule has 0 aromatic heterocycles. The summed E-state index contributed by atoms with van der Waals surface area (Å²) in [5.41, 5.74) is 0. The molecule has 0 fully saturated rings. The van der Waals surface area contributed by atoms with Crippen molar-refractivity contribution in [2.45, 2.75) is 25.9 Å². The van der Waals surface area contributed by atoms with Crippen LogP contribution in [0.2, 0.25) is 0 Å². The highest BCUT2D eigenvalue weighted by Crippen LogP contribution is 2.12. The average molecular weight is 181 g/mol. The molecule has 0 N–H and O–H groups in total. The van der Waals surface area contributed by atoms with Gasteiger partial charge in [0.25, 0.3) is 0 Å². The van der Waals surface area contributed by atoms with Crippen LogP contribution in [-0.4, -0.2) is 31.6 Å². The van der Waals surface area contributed by atoms with Gasteiger partial charge in [0.05, 0.1) is 0 Å². The molecule has 0 aromatic carbocycles. The first kappa shape index (κ1) is 10.3. The predicted molar refractivity (Wildman–Crippen MR) is 55.6 cm³/mol. The van der Waals surface area contributed by atoms with Gasteiger partial charge in [0.2, 0.25) is 0 Å². The number of ether oxygens (including phenoxy) is 1. The van der Waals surface area contributed by atoms with Crippen LogP contribution < -0.4 is 0 Å². The van der Waals surface area contributed by atoms with Crippen molar-refractivity contribution in [1.82, 2.24) is 4.90 Å². The van der Waals surface area contributed by atoms with Crippen molar-refractivity contribution in [3.63, 3.8) is 0 Å². The Hall–Kier alpha value is -0.760. The Morgan fingerprint density at radius 2 is 2.23 bits per heavy atom. The molecule has 0 spiro atoms. The molecule has 13 heavy (non-hydrogen) atoms. The van der Waals surface area contributed by atoms with Crippen molar-refractivity contribution in [1.29, 1.82) is 0 Å². The molecule has 74 valence electrons. The minimum atomic E-state index is 0.268.